The van der Waals surface area contributed by atoms with E-state index in [1.807, 2.05) is 36.4 Å². The third kappa shape index (κ3) is 4.09. The van der Waals surface area contributed by atoms with Gasteiger partial charge in [-0.2, -0.15) is 0 Å². The molecule has 0 bridgehead atoms. The summed E-state index contributed by atoms with van der Waals surface area (Å²) < 4.78 is 5.12. The van der Waals surface area contributed by atoms with E-state index in [0.717, 1.165) is 55.4 Å². The van der Waals surface area contributed by atoms with E-state index in [9.17, 15) is 4.79 Å². The number of fused-ring (bicyclic) bond motifs is 1. The predicted molar refractivity (Wildman–Crippen MR) is 92.8 cm³/mol. The van der Waals surface area contributed by atoms with Crippen molar-refractivity contribution in [1.82, 2.24) is 10.2 Å². The summed E-state index contributed by atoms with van der Waals surface area (Å²) in [5, 5.41) is 5.45. The van der Waals surface area contributed by atoms with Gasteiger partial charge in [-0.05, 0) is 35.7 Å². The summed E-state index contributed by atoms with van der Waals surface area (Å²) in [6, 6.07) is 14.3. The summed E-state index contributed by atoms with van der Waals surface area (Å²) in [7, 11) is 1.73. The molecule has 1 aliphatic rings. The van der Waals surface area contributed by atoms with E-state index >= 15 is 0 Å². The van der Waals surface area contributed by atoms with Gasteiger partial charge in [-0.1, -0.05) is 30.3 Å². The Balaban J connectivity index is 1.56. The van der Waals surface area contributed by atoms with Crippen LogP contribution in [0.5, 0.6) is 0 Å². The lowest BCUT2D eigenvalue weighted by molar-refractivity contribution is 0.0893. The Morgan fingerprint density at radius 1 is 1.17 bits per heavy atom. The van der Waals surface area contributed by atoms with Crippen LogP contribution in [0.25, 0.3) is 10.8 Å². The van der Waals surface area contributed by atoms with Crippen LogP contribution in [0.2, 0.25) is 0 Å². The van der Waals surface area contributed by atoms with Crippen molar-refractivity contribution in [2.45, 2.75) is 18.9 Å². The van der Waals surface area contributed by atoms with Crippen molar-refractivity contribution in [2.24, 2.45) is 0 Å². The highest BCUT2D eigenvalue weighted by Crippen LogP contribution is 2.16. The Labute approximate surface area is 137 Å². The molecule has 0 saturated carbocycles. The molecular weight excluding hydrogens is 288 g/mol. The first-order valence-corrected chi connectivity index (χ1v) is 8.27. The molecule has 122 valence electrons. The van der Waals surface area contributed by atoms with Crippen LogP contribution < -0.4 is 5.32 Å². The fourth-order valence-electron chi connectivity index (χ4n) is 3.12. The minimum Gasteiger partial charge on any atom is -0.383 e. The van der Waals surface area contributed by atoms with E-state index in [1.54, 1.807) is 7.11 Å². The number of likely N-dealkylation sites (tertiary alicyclic amines) is 1. The molecule has 0 spiro atoms. The molecule has 4 heteroatoms. The molecule has 1 amide bonds. The molecule has 1 aliphatic heterocycles. The lowest BCUT2D eigenvalue weighted by Gasteiger charge is -2.32. The number of hydrogen-bond acceptors (Lipinski definition) is 3. The van der Waals surface area contributed by atoms with Gasteiger partial charge in [0.1, 0.15) is 0 Å². The SMILES string of the molecule is COCCN1CCC(NC(=O)c2ccc3ccccc3c2)CC1. The number of nitrogens with one attached hydrogen (secondary N) is 1. The minimum absolute atomic E-state index is 0.0334. The standard InChI is InChI=1S/C19H24N2O2/c1-23-13-12-21-10-8-18(9-11-21)20-19(22)17-7-6-15-4-2-3-5-16(15)14-17/h2-7,14,18H,8-13H2,1H3,(H,20,22). The Morgan fingerprint density at radius 3 is 2.65 bits per heavy atom. The van der Waals surface area contributed by atoms with Crippen LogP contribution in [0.1, 0.15) is 23.2 Å². The second-order valence-corrected chi connectivity index (χ2v) is 6.14. The molecule has 23 heavy (non-hydrogen) atoms. The molecule has 1 fully saturated rings. The van der Waals surface area contributed by atoms with Gasteiger partial charge in [0, 0.05) is 38.3 Å². The summed E-state index contributed by atoms with van der Waals surface area (Å²) in [5.41, 5.74) is 0.741. The maximum atomic E-state index is 12.5. The fourth-order valence-corrected chi connectivity index (χ4v) is 3.12. The molecule has 1 heterocycles. The number of amides is 1. The minimum atomic E-state index is 0.0334. The van der Waals surface area contributed by atoms with Crippen LogP contribution in [0.15, 0.2) is 42.5 Å². The van der Waals surface area contributed by atoms with Crippen molar-refractivity contribution >= 4 is 16.7 Å². The third-order valence-corrected chi connectivity index (χ3v) is 4.55. The molecule has 0 aromatic heterocycles. The summed E-state index contributed by atoms with van der Waals surface area (Å²) in [4.78, 5) is 14.9. The van der Waals surface area contributed by atoms with Crippen LogP contribution in [0.4, 0.5) is 0 Å². The summed E-state index contributed by atoms with van der Waals surface area (Å²) >= 11 is 0. The fraction of sp³-hybridized carbons (Fsp3) is 0.421. The van der Waals surface area contributed by atoms with Gasteiger partial charge in [-0.3, -0.25) is 4.79 Å². The highest BCUT2D eigenvalue weighted by atomic mass is 16.5. The highest BCUT2D eigenvalue weighted by molar-refractivity contribution is 5.98. The Hall–Kier alpha value is -1.91. The summed E-state index contributed by atoms with van der Waals surface area (Å²) in [6.45, 7) is 3.79. The molecule has 4 nitrogen and oxygen atoms in total. The van der Waals surface area contributed by atoms with Crippen LogP contribution >= 0.6 is 0 Å². The Morgan fingerprint density at radius 2 is 1.91 bits per heavy atom. The number of piperidine rings is 1. The number of methoxy groups -OCH3 is 1. The van der Waals surface area contributed by atoms with E-state index < -0.39 is 0 Å². The lowest BCUT2D eigenvalue weighted by Crippen LogP contribution is -2.45. The molecule has 1 N–H and O–H groups in total. The third-order valence-electron chi connectivity index (χ3n) is 4.55. The van der Waals surface area contributed by atoms with E-state index in [0.29, 0.717) is 0 Å². The number of rotatable bonds is 5. The van der Waals surface area contributed by atoms with Crippen LogP contribution in [-0.2, 0) is 4.74 Å². The zero-order chi connectivity index (χ0) is 16.1. The van der Waals surface area contributed by atoms with Gasteiger partial charge < -0.3 is 15.0 Å². The average molecular weight is 312 g/mol. The molecule has 0 aliphatic carbocycles. The van der Waals surface area contributed by atoms with Crippen molar-refractivity contribution in [3.63, 3.8) is 0 Å². The van der Waals surface area contributed by atoms with Gasteiger partial charge in [-0.15, -0.1) is 0 Å². The van der Waals surface area contributed by atoms with Crippen molar-refractivity contribution in [3.8, 4) is 0 Å². The largest absolute Gasteiger partial charge is 0.383 e. The monoisotopic (exact) mass is 312 g/mol. The van der Waals surface area contributed by atoms with E-state index in [-0.39, 0.29) is 11.9 Å². The zero-order valence-electron chi connectivity index (χ0n) is 13.6. The molecule has 0 radical (unpaired) electrons. The van der Waals surface area contributed by atoms with Gasteiger partial charge in [0.2, 0.25) is 0 Å². The molecule has 0 unspecified atom stereocenters. The second kappa shape index (κ2) is 7.57. The number of benzene rings is 2. The molecule has 2 aromatic carbocycles. The Kier molecular flexibility index (Phi) is 5.26. The van der Waals surface area contributed by atoms with Crippen LogP contribution in [-0.4, -0.2) is 50.2 Å². The average Bonchev–Trinajstić information content (AvgIpc) is 2.60. The first-order valence-electron chi connectivity index (χ1n) is 8.27. The zero-order valence-corrected chi connectivity index (χ0v) is 13.6. The van der Waals surface area contributed by atoms with Crippen molar-refractivity contribution in [1.29, 1.82) is 0 Å². The van der Waals surface area contributed by atoms with Crippen LogP contribution in [0.3, 0.4) is 0 Å². The quantitative estimate of drug-likeness (QED) is 0.923. The Bertz CT molecular complexity index is 663. The summed E-state index contributed by atoms with van der Waals surface area (Å²) in [5.74, 6) is 0.0334. The lowest BCUT2D eigenvalue weighted by atomic mass is 10.0. The first-order chi connectivity index (χ1) is 11.3. The van der Waals surface area contributed by atoms with Gasteiger partial charge in [0.25, 0.3) is 5.91 Å². The van der Waals surface area contributed by atoms with Crippen molar-refractivity contribution in [3.05, 3.63) is 48.0 Å². The highest BCUT2D eigenvalue weighted by Gasteiger charge is 2.20. The van der Waals surface area contributed by atoms with Gasteiger partial charge in [0.15, 0.2) is 0 Å². The van der Waals surface area contributed by atoms with Crippen molar-refractivity contribution < 1.29 is 9.53 Å². The van der Waals surface area contributed by atoms with Crippen molar-refractivity contribution in [2.75, 3.05) is 33.4 Å². The summed E-state index contributed by atoms with van der Waals surface area (Å²) in [6.07, 6.45) is 2.01. The van der Waals surface area contributed by atoms with Crippen LogP contribution in [0, 0.1) is 0 Å². The molecular formula is C19H24N2O2. The molecule has 3 rings (SSSR count). The number of nitrogens with zero attached hydrogens (tertiary/aromatic N) is 1. The second-order valence-electron chi connectivity index (χ2n) is 6.14. The molecule has 1 saturated heterocycles. The van der Waals surface area contributed by atoms with Gasteiger partial charge in [-0.25, -0.2) is 0 Å². The normalized spacial score (nSPS) is 16.6. The number of carbonyl (C=O) groups is 1. The number of hydrogen-bond donors (Lipinski definition) is 1. The smallest absolute Gasteiger partial charge is 0.251 e. The van der Waals surface area contributed by atoms with E-state index in [2.05, 4.69) is 16.3 Å². The number of ether oxygens (including phenoxy) is 1. The topological polar surface area (TPSA) is 41.6 Å². The predicted octanol–water partition coefficient (Wildman–Crippen LogP) is 2.68. The van der Waals surface area contributed by atoms with E-state index in [1.165, 1.54) is 0 Å². The first kappa shape index (κ1) is 16.0. The maximum Gasteiger partial charge on any atom is 0.251 e. The molecule has 0 atom stereocenters. The number of carbonyl (C=O) groups excluding carboxylic acids is 1. The van der Waals surface area contributed by atoms with Gasteiger partial charge >= 0.3 is 0 Å². The maximum absolute atomic E-state index is 12.5. The van der Waals surface area contributed by atoms with Gasteiger partial charge in [0.05, 0.1) is 6.61 Å². The van der Waals surface area contributed by atoms with E-state index in [4.69, 9.17) is 4.74 Å². The molecule has 2 aromatic rings.